The summed E-state index contributed by atoms with van der Waals surface area (Å²) >= 11 is 0. The van der Waals surface area contributed by atoms with Crippen LogP contribution in [0.25, 0.3) is 5.69 Å². The smallest absolute Gasteiger partial charge is 0.322 e. The lowest BCUT2D eigenvalue weighted by Crippen LogP contribution is -2.37. The van der Waals surface area contributed by atoms with Gasteiger partial charge in [-0.1, -0.05) is 18.2 Å². The number of hydrogen-bond acceptors (Lipinski definition) is 5. The largest absolute Gasteiger partial charge is 0.480 e. The van der Waals surface area contributed by atoms with Crippen LogP contribution in [0.5, 0.6) is 0 Å². The number of carbonyl (C=O) groups excluding carboxylic acids is 1. The van der Waals surface area contributed by atoms with Crippen LogP contribution in [0.15, 0.2) is 36.5 Å². The molecule has 1 aromatic heterocycles. The number of nitrogens with one attached hydrogen (secondary N) is 1. The van der Waals surface area contributed by atoms with E-state index in [4.69, 9.17) is 5.11 Å². The van der Waals surface area contributed by atoms with Crippen LogP contribution in [0, 0.1) is 0 Å². The maximum Gasteiger partial charge on any atom is 0.322 e. The molecule has 1 amide bonds. The van der Waals surface area contributed by atoms with E-state index >= 15 is 0 Å². The number of aromatic nitrogens is 3. The first kappa shape index (κ1) is 18.6. The fourth-order valence-electron chi connectivity index (χ4n) is 1.86. The molecule has 0 atom stereocenters. The summed E-state index contributed by atoms with van der Waals surface area (Å²) < 4.78 is 0. The van der Waals surface area contributed by atoms with Crippen molar-refractivity contribution in [2.75, 3.05) is 20.1 Å². The van der Waals surface area contributed by atoms with E-state index in [0.29, 0.717) is 6.54 Å². The second kappa shape index (κ2) is 8.86. The number of amides is 1. The SMILES string of the molecule is CN(CC(=O)NCC(=O)O)Cc1cnn(-c2ccccc2)n1.Cl. The molecule has 0 fully saturated rings. The lowest BCUT2D eigenvalue weighted by atomic mass is 10.3. The van der Waals surface area contributed by atoms with Crippen LogP contribution in [0.3, 0.4) is 0 Å². The number of halogens is 1. The quantitative estimate of drug-likeness (QED) is 0.753. The number of para-hydroxylation sites is 1. The maximum absolute atomic E-state index is 11.5. The van der Waals surface area contributed by atoms with Crippen molar-refractivity contribution in [2.24, 2.45) is 0 Å². The van der Waals surface area contributed by atoms with E-state index in [0.717, 1.165) is 11.4 Å². The van der Waals surface area contributed by atoms with Crippen molar-refractivity contribution in [3.63, 3.8) is 0 Å². The van der Waals surface area contributed by atoms with E-state index in [1.165, 1.54) is 4.80 Å². The molecule has 0 bridgehead atoms. The Hall–Kier alpha value is -2.45. The molecule has 2 rings (SSSR count). The molecule has 1 heterocycles. The van der Waals surface area contributed by atoms with E-state index in [9.17, 15) is 9.59 Å². The number of rotatable bonds is 7. The molecule has 23 heavy (non-hydrogen) atoms. The van der Waals surface area contributed by atoms with Gasteiger partial charge in [0.15, 0.2) is 0 Å². The molecule has 2 aromatic rings. The normalized spacial score (nSPS) is 10.2. The van der Waals surface area contributed by atoms with Crippen molar-refractivity contribution in [1.82, 2.24) is 25.2 Å². The van der Waals surface area contributed by atoms with Gasteiger partial charge in [-0.25, -0.2) is 0 Å². The molecule has 8 nitrogen and oxygen atoms in total. The highest BCUT2D eigenvalue weighted by atomic mass is 35.5. The number of likely N-dealkylation sites (N-methyl/N-ethyl adjacent to an activating group) is 1. The topological polar surface area (TPSA) is 100 Å². The first-order chi connectivity index (χ1) is 10.5. The number of benzene rings is 1. The summed E-state index contributed by atoms with van der Waals surface area (Å²) in [4.78, 5) is 25.1. The Bertz CT molecular complexity index is 647. The van der Waals surface area contributed by atoms with Crippen molar-refractivity contribution in [3.05, 3.63) is 42.2 Å². The number of carboxylic acid groups (broad SMARTS) is 1. The Balaban J connectivity index is 0.00000264. The van der Waals surface area contributed by atoms with Crippen LogP contribution in [0.1, 0.15) is 5.69 Å². The molecule has 0 aliphatic rings. The highest BCUT2D eigenvalue weighted by molar-refractivity contribution is 5.85. The van der Waals surface area contributed by atoms with Crippen LogP contribution >= 0.6 is 12.4 Å². The molecular weight excluding hydrogens is 322 g/mol. The maximum atomic E-state index is 11.5. The average Bonchev–Trinajstić information content (AvgIpc) is 2.94. The molecule has 0 radical (unpaired) electrons. The summed E-state index contributed by atoms with van der Waals surface area (Å²) in [5.74, 6) is -1.41. The minimum Gasteiger partial charge on any atom is -0.480 e. The van der Waals surface area contributed by atoms with Gasteiger partial charge in [0.05, 0.1) is 24.1 Å². The average molecular weight is 340 g/mol. The van der Waals surface area contributed by atoms with E-state index in [1.54, 1.807) is 18.1 Å². The first-order valence-corrected chi connectivity index (χ1v) is 6.68. The highest BCUT2D eigenvalue weighted by Crippen LogP contribution is 2.05. The Morgan fingerprint density at radius 2 is 2.00 bits per heavy atom. The zero-order valence-corrected chi connectivity index (χ0v) is 13.4. The molecule has 0 unspecified atom stereocenters. The van der Waals surface area contributed by atoms with Crippen molar-refractivity contribution in [3.8, 4) is 5.69 Å². The van der Waals surface area contributed by atoms with Gasteiger partial charge in [0.1, 0.15) is 6.54 Å². The molecule has 124 valence electrons. The zero-order valence-electron chi connectivity index (χ0n) is 12.5. The number of carboxylic acids is 1. The second-order valence-electron chi connectivity index (χ2n) is 4.80. The lowest BCUT2D eigenvalue weighted by molar-refractivity contribution is -0.138. The molecule has 0 spiro atoms. The van der Waals surface area contributed by atoms with Crippen molar-refractivity contribution in [2.45, 2.75) is 6.54 Å². The summed E-state index contributed by atoms with van der Waals surface area (Å²) in [6.07, 6.45) is 1.64. The number of aliphatic carboxylic acids is 1. The van der Waals surface area contributed by atoms with Crippen LogP contribution in [0.2, 0.25) is 0 Å². The molecule has 0 aliphatic heterocycles. The molecule has 1 aromatic carbocycles. The fourth-order valence-corrected chi connectivity index (χ4v) is 1.86. The van der Waals surface area contributed by atoms with Gasteiger partial charge in [0.25, 0.3) is 0 Å². The van der Waals surface area contributed by atoms with Crippen molar-refractivity contribution < 1.29 is 14.7 Å². The van der Waals surface area contributed by atoms with Crippen LogP contribution < -0.4 is 5.32 Å². The van der Waals surface area contributed by atoms with E-state index in [2.05, 4.69) is 15.5 Å². The van der Waals surface area contributed by atoms with E-state index in [-0.39, 0.29) is 31.4 Å². The third-order valence-electron chi connectivity index (χ3n) is 2.81. The predicted molar refractivity (Wildman–Crippen MR) is 85.6 cm³/mol. The number of carbonyl (C=O) groups is 2. The molecule has 0 saturated carbocycles. The van der Waals surface area contributed by atoms with Gasteiger partial charge in [0, 0.05) is 6.54 Å². The molecule has 0 saturated heterocycles. The third kappa shape index (κ3) is 6.05. The van der Waals surface area contributed by atoms with Gasteiger partial charge in [-0.3, -0.25) is 14.5 Å². The Labute approximate surface area is 139 Å². The minimum absolute atomic E-state index is 0. The fraction of sp³-hybridized carbons (Fsp3) is 0.286. The Kier molecular flexibility index (Phi) is 7.17. The summed E-state index contributed by atoms with van der Waals surface area (Å²) in [5.41, 5.74) is 1.58. The van der Waals surface area contributed by atoms with Crippen molar-refractivity contribution in [1.29, 1.82) is 0 Å². The predicted octanol–water partition coefficient (Wildman–Crippen LogP) is 0.322. The second-order valence-corrected chi connectivity index (χ2v) is 4.80. The van der Waals surface area contributed by atoms with Crippen LogP contribution in [-0.4, -0.2) is 57.0 Å². The number of nitrogens with zero attached hydrogens (tertiary/aromatic N) is 4. The molecule has 0 aliphatic carbocycles. The van der Waals surface area contributed by atoms with E-state index in [1.807, 2.05) is 30.3 Å². The summed E-state index contributed by atoms with van der Waals surface area (Å²) in [6.45, 7) is 0.148. The van der Waals surface area contributed by atoms with E-state index < -0.39 is 5.97 Å². The first-order valence-electron chi connectivity index (χ1n) is 6.68. The molecular formula is C14H18ClN5O3. The molecule has 9 heteroatoms. The van der Waals surface area contributed by atoms with Gasteiger partial charge < -0.3 is 10.4 Å². The van der Waals surface area contributed by atoms with Gasteiger partial charge >= 0.3 is 5.97 Å². The highest BCUT2D eigenvalue weighted by Gasteiger charge is 2.10. The van der Waals surface area contributed by atoms with Crippen LogP contribution in [0.4, 0.5) is 0 Å². The molecule has 2 N–H and O–H groups in total. The van der Waals surface area contributed by atoms with Gasteiger partial charge in [0.2, 0.25) is 5.91 Å². The van der Waals surface area contributed by atoms with Crippen molar-refractivity contribution >= 4 is 24.3 Å². The summed E-state index contributed by atoms with van der Waals surface area (Å²) in [5, 5.41) is 19.3. The third-order valence-corrected chi connectivity index (χ3v) is 2.81. The Morgan fingerprint density at radius 3 is 2.65 bits per heavy atom. The zero-order chi connectivity index (χ0) is 15.9. The van der Waals surface area contributed by atoms with Gasteiger partial charge in [-0.2, -0.15) is 15.0 Å². The minimum atomic E-state index is -1.07. The summed E-state index contributed by atoms with van der Waals surface area (Å²) in [7, 11) is 1.75. The van der Waals surface area contributed by atoms with Gasteiger partial charge in [-0.05, 0) is 19.2 Å². The number of hydrogen-bond donors (Lipinski definition) is 2. The van der Waals surface area contributed by atoms with Gasteiger partial charge in [-0.15, -0.1) is 12.4 Å². The van der Waals surface area contributed by atoms with Crippen LogP contribution in [-0.2, 0) is 16.1 Å². The summed E-state index contributed by atoms with van der Waals surface area (Å²) in [6, 6.07) is 9.51. The monoisotopic (exact) mass is 339 g/mol. The standard InChI is InChI=1S/C14H17N5O3.ClH/c1-18(10-13(20)15-8-14(21)22)9-11-7-16-19(17-11)12-5-3-2-4-6-12;/h2-7H,8-10H2,1H3,(H,15,20)(H,21,22);1H. The lowest BCUT2D eigenvalue weighted by Gasteiger charge is -2.13. The Morgan fingerprint density at radius 1 is 1.30 bits per heavy atom.